The molecule has 3 N–H and O–H groups in total. The molecule has 0 aliphatic heterocycles. The largest absolute Gasteiger partial charge is 0.398 e. The average molecular weight is 291 g/mol. The van der Waals surface area contributed by atoms with Gasteiger partial charge in [0, 0.05) is 23.2 Å². The summed E-state index contributed by atoms with van der Waals surface area (Å²) in [7, 11) is 0. The number of anilines is 1. The van der Waals surface area contributed by atoms with Crippen LogP contribution < -0.4 is 11.1 Å². The summed E-state index contributed by atoms with van der Waals surface area (Å²) in [6.07, 6.45) is 0. The number of hydrogen-bond donors (Lipinski definition) is 2. The van der Waals surface area contributed by atoms with Gasteiger partial charge in [0.1, 0.15) is 0 Å². The van der Waals surface area contributed by atoms with Crippen molar-refractivity contribution in [3.05, 3.63) is 64.1 Å². The first-order chi connectivity index (χ1) is 8.27. The molecular formula is C14H15BrN2. The summed E-state index contributed by atoms with van der Waals surface area (Å²) in [5.41, 5.74) is 9.11. The summed E-state index contributed by atoms with van der Waals surface area (Å²) in [4.78, 5) is 0. The van der Waals surface area contributed by atoms with Gasteiger partial charge in [0.15, 0.2) is 0 Å². The SMILES string of the molecule is Nc1ccccc1CNCc1ccccc1Br. The van der Waals surface area contributed by atoms with E-state index in [1.807, 2.05) is 42.5 Å². The van der Waals surface area contributed by atoms with Crippen LogP contribution in [0.25, 0.3) is 0 Å². The van der Waals surface area contributed by atoms with Crippen molar-refractivity contribution >= 4 is 21.6 Å². The van der Waals surface area contributed by atoms with E-state index < -0.39 is 0 Å². The van der Waals surface area contributed by atoms with Crippen LogP contribution in [0.15, 0.2) is 53.0 Å². The van der Waals surface area contributed by atoms with Crippen LogP contribution in [-0.2, 0) is 13.1 Å². The van der Waals surface area contributed by atoms with Crippen LogP contribution >= 0.6 is 15.9 Å². The van der Waals surface area contributed by atoms with Gasteiger partial charge in [-0.05, 0) is 23.3 Å². The van der Waals surface area contributed by atoms with Crippen molar-refractivity contribution in [2.75, 3.05) is 5.73 Å². The Morgan fingerprint density at radius 2 is 1.47 bits per heavy atom. The summed E-state index contributed by atoms with van der Waals surface area (Å²) in [6, 6.07) is 16.1. The monoisotopic (exact) mass is 290 g/mol. The Morgan fingerprint density at radius 3 is 2.18 bits per heavy atom. The van der Waals surface area contributed by atoms with Gasteiger partial charge in [0.2, 0.25) is 0 Å². The van der Waals surface area contributed by atoms with Crippen LogP contribution in [0.3, 0.4) is 0 Å². The van der Waals surface area contributed by atoms with Gasteiger partial charge < -0.3 is 11.1 Å². The van der Waals surface area contributed by atoms with Gasteiger partial charge in [-0.25, -0.2) is 0 Å². The Bertz CT molecular complexity index is 452. The molecule has 2 aromatic rings. The molecule has 0 saturated carbocycles. The second-order valence-electron chi connectivity index (χ2n) is 3.89. The Kier molecular flexibility index (Phi) is 4.18. The molecule has 0 spiro atoms. The predicted molar refractivity (Wildman–Crippen MR) is 75.5 cm³/mol. The predicted octanol–water partition coefficient (Wildman–Crippen LogP) is 3.32. The van der Waals surface area contributed by atoms with E-state index in [1.54, 1.807) is 0 Å². The van der Waals surface area contributed by atoms with Gasteiger partial charge >= 0.3 is 0 Å². The molecule has 0 aromatic heterocycles. The summed E-state index contributed by atoms with van der Waals surface area (Å²) in [6.45, 7) is 1.61. The minimum absolute atomic E-state index is 0.786. The second-order valence-corrected chi connectivity index (χ2v) is 4.75. The topological polar surface area (TPSA) is 38.0 Å². The number of halogens is 1. The lowest BCUT2D eigenvalue weighted by Crippen LogP contribution is -2.14. The molecule has 17 heavy (non-hydrogen) atoms. The highest BCUT2D eigenvalue weighted by atomic mass is 79.9. The normalized spacial score (nSPS) is 10.4. The summed E-state index contributed by atoms with van der Waals surface area (Å²) in [5.74, 6) is 0. The van der Waals surface area contributed by atoms with Crippen molar-refractivity contribution in [2.45, 2.75) is 13.1 Å². The molecule has 0 amide bonds. The number of benzene rings is 2. The molecule has 0 aliphatic rings. The zero-order chi connectivity index (χ0) is 12.1. The molecular weight excluding hydrogens is 276 g/mol. The lowest BCUT2D eigenvalue weighted by Gasteiger charge is -2.08. The van der Waals surface area contributed by atoms with Crippen LogP contribution in [-0.4, -0.2) is 0 Å². The van der Waals surface area contributed by atoms with E-state index in [4.69, 9.17) is 5.73 Å². The molecule has 0 bridgehead atoms. The summed E-state index contributed by atoms with van der Waals surface area (Å²) < 4.78 is 1.13. The minimum atomic E-state index is 0.786. The van der Waals surface area contributed by atoms with Crippen LogP contribution in [0, 0.1) is 0 Å². The number of para-hydroxylation sites is 1. The van der Waals surface area contributed by atoms with Crippen LogP contribution in [0.1, 0.15) is 11.1 Å². The maximum atomic E-state index is 5.88. The van der Waals surface area contributed by atoms with E-state index in [9.17, 15) is 0 Å². The molecule has 2 nitrogen and oxygen atoms in total. The lowest BCUT2D eigenvalue weighted by atomic mass is 10.1. The Balaban J connectivity index is 1.93. The zero-order valence-corrected chi connectivity index (χ0v) is 11.1. The molecule has 2 aromatic carbocycles. The van der Waals surface area contributed by atoms with Crippen molar-refractivity contribution in [1.82, 2.24) is 5.32 Å². The highest BCUT2D eigenvalue weighted by molar-refractivity contribution is 9.10. The number of nitrogens with two attached hydrogens (primary N) is 1. The maximum Gasteiger partial charge on any atom is 0.0359 e. The van der Waals surface area contributed by atoms with Crippen LogP contribution in [0.4, 0.5) is 5.69 Å². The summed E-state index contributed by atoms with van der Waals surface area (Å²) >= 11 is 3.53. The van der Waals surface area contributed by atoms with Crippen LogP contribution in [0.5, 0.6) is 0 Å². The van der Waals surface area contributed by atoms with Gasteiger partial charge in [0.25, 0.3) is 0 Å². The van der Waals surface area contributed by atoms with Crippen molar-refractivity contribution < 1.29 is 0 Å². The third-order valence-electron chi connectivity index (χ3n) is 2.64. The first-order valence-electron chi connectivity index (χ1n) is 5.55. The Labute approximate surface area is 110 Å². The maximum absolute atomic E-state index is 5.88. The number of nitrogens with one attached hydrogen (secondary N) is 1. The van der Waals surface area contributed by atoms with Crippen molar-refractivity contribution in [3.63, 3.8) is 0 Å². The molecule has 0 fully saturated rings. The van der Waals surface area contributed by atoms with E-state index in [0.29, 0.717) is 0 Å². The fourth-order valence-electron chi connectivity index (χ4n) is 1.67. The smallest absolute Gasteiger partial charge is 0.0359 e. The molecule has 0 heterocycles. The fraction of sp³-hybridized carbons (Fsp3) is 0.143. The minimum Gasteiger partial charge on any atom is -0.398 e. The van der Waals surface area contributed by atoms with E-state index in [2.05, 4.69) is 27.3 Å². The quantitative estimate of drug-likeness (QED) is 0.848. The molecule has 0 unspecified atom stereocenters. The van der Waals surface area contributed by atoms with Crippen molar-refractivity contribution in [3.8, 4) is 0 Å². The molecule has 2 rings (SSSR count). The van der Waals surface area contributed by atoms with E-state index in [0.717, 1.165) is 28.8 Å². The molecule has 0 radical (unpaired) electrons. The highest BCUT2D eigenvalue weighted by Gasteiger charge is 1.99. The Morgan fingerprint density at radius 1 is 0.882 bits per heavy atom. The molecule has 3 heteroatoms. The third kappa shape index (κ3) is 3.32. The van der Waals surface area contributed by atoms with E-state index >= 15 is 0 Å². The zero-order valence-electron chi connectivity index (χ0n) is 9.49. The van der Waals surface area contributed by atoms with Gasteiger partial charge in [-0.2, -0.15) is 0 Å². The van der Waals surface area contributed by atoms with Gasteiger partial charge in [-0.15, -0.1) is 0 Å². The lowest BCUT2D eigenvalue weighted by molar-refractivity contribution is 0.693. The second kappa shape index (κ2) is 5.84. The van der Waals surface area contributed by atoms with Gasteiger partial charge in [-0.1, -0.05) is 52.3 Å². The number of nitrogen functional groups attached to an aromatic ring is 1. The Hall–Kier alpha value is -1.32. The van der Waals surface area contributed by atoms with Gasteiger partial charge in [0.05, 0.1) is 0 Å². The van der Waals surface area contributed by atoms with Crippen molar-refractivity contribution in [2.24, 2.45) is 0 Å². The number of rotatable bonds is 4. The van der Waals surface area contributed by atoms with Gasteiger partial charge in [-0.3, -0.25) is 0 Å². The molecule has 0 saturated heterocycles. The van der Waals surface area contributed by atoms with Crippen molar-refractivity contribution in [1.29, 1.82) is 0 Å². The van der Waals surface area contributed by atoms with E-state index in [-0.39, 0.29) is 0 Å². The molecule has 88 valence electrons. The number of hydrogen-bond acceptors (Lipinski definition) is 2. The first-order valence-corrected chi connectivity index (χ1v) is 6.34. The average Bonchev–Trinajstić information content (AvgIpc) is 2.34. The molecule has 0 atom stereocenters. The van der Waals surface area contributed by atoms with Crippen LogP contribution in [0.2, 0.25) is 0 Å². The third-order valence-corrected chi connectivity index (χ3v) is 3.42. The fourth-order valence-corrected chi connectivity index (χ4v) is 2.09. The molecule has 0 aliphatic carbocycles. The van der Waals surface area contributed by atoms with E-state index in [1.165, 1.54) is 5.56 Å². The summed E-state index contributed by atoms with van der Waals surface area (Å²) in [5, 5.41) is 3.39. The highest BCUT2D eigenvalue weighted by Crippen LogP contribution is 2.16. The first kappa shape index (κ1) is 12.1. The standard InChI is InChI=1S/C14H15BrN2/c15-13-7-3-1-5-11(13)9-17-10-12-6-2-4-8-14(12)16/h1-8,17H,9-10,16H2.